The summed E-state index contributed by atoms with van der Waals surface area (Å²) in [5.41, 5.74) is -0.382. The molecule has 0 fully saturated rings. The third kappa shape index (κ3) is 13.0. The van der Waals surface area contributed by atoms with Crippen molar-refractivity contribution in [2.45, 2.75) is 47.1 Å². The van der Waals surface area contributed by atoms with Crippen molar-refractivity contribution in [1.82, 2.24) is 20.9 Å². The fourth-order valence-corrected chi connectivity index (χ4v) is 2.20. The van der Waals surface area contributed by atoms with Crippen molar-refractivity contribution in [2.24, 2.45) is 10.4 Å². The normalized spacial score (nSPS) is 13.0. The number of carbonyl (C=O) groups is 1. The first kappa shape index (κ1) is 22.5. The summed E-state index contributed by atoms with van der Waals surface area (Å²) >= 11 is 0. The standard InChI is InChI=1S/C17H37N5O2/c1-9-18-14(21-12-17(5,6)13-22(7)8)19-10-11-20-15(23)24-16(2,3)4/h9-13H2,1-8H3,(H,20,23)(H2,18,19,21). The molecule has 0 radical (unpaired) electrons. The van der Waals surface area contributed by atoms with Crippen molar-refractivity contribution < 1.29 is 9.53 Å². The van der Waals surface area contributed by atoms with E-state index in [0.29, 0.717) is 13.1 Å². The van der Waals surface area contributed by atoms with Crippen LogP contribution in [0.4, 0.5) is 4.79 Å². The Balaban J connectivity index is 4.29. The van der Waals surface area contributed by atoms with Gasteiger partial charge in [-0.25, -0.2) is 4.79 Å². The Bertz CT molecular complexity index is 400. The molecule has 0 aromatic rings. The predicted molar refractivity (Wildman–Crippen MR) is 101 cm³/mol. The highest BCUT2D eigenvalue weighted by molar-refractivity contribution is 5.79. The van der Waals surface area contributed by atoms with E-state index in [1.165, 1.54) is 0 Å². The summed E-state index contributed by atoms with van der Waals surface area (Å²) in [6.07, 6.45) is -0.404. The van der Waals surface area contributed by atoms with E-state index in [9.17, 15) is 4.79 Å². The average molecular weight is 344 g/mol. The van der Waals surface area contributed by atoms with Crippen LogP contribution >= 0.6 is 0 Å². The second-order valence-corrected chi connectivity index (χ2v) is 7.95. The maximum absolute atomic E-state index is 11.6. The van der Waals surface area contributed by atoms with Crippen LogP contribution in [0.5, 0.6) is 0 Å². The van der Waals surface area contributed by atoms with E-state index >= 15 is 0 Å². The minimum absolute atomic E-state index is 0.0978. The number of guanidine groups is 1. The molecule has 3 N–H and O–H groups in total. The van der Waals surface area contributed by atoms with Crippen LogP contribution in [0.2, 0.25) is 0 Å². The van der Waals surface area contributed by atoms with Crippen LogP contribution < -0.4 is 16.0 Å². The molecule has 0 saturated heterocycles. The lowest BCUT2D eigenvalue weighted by molar-refractivity contribution is 0.0529. The van der Waals surface area contributed by atoms with Crippen LogP contribution in [-0.2, 0) is 4.74 Å². The smallest absolute Gasteiger partial charge is 0.407 e. The van der Waals surface area contributed by atoms with Crippen molar-refractivity contribution in [1.29, 1.82) is 0 Å². The summed E-state index contributed by atoms with van der Waals surface area (Å²) < 4.78 is 5.19. The minimum Gasteiger partial charge on any atom is -0.444 e. The number of ether oxygens (including phenoxy) is 1. The largest absolute Gasteiger partial charge is 0.444 e. The number of alkyl carbamates (subject to hydrolysis) is 1. The molecule has 0 rings (SSSR count). The maximum Gasteiger partial charge on any atom is 0.407 e. The number of aliphatic imine (C=N–C) groups is 1. The quantitative estimate of drug-likeness (QED) is 0.355. The number of amides is 1. The number of nitrogens with one attached hydrogen (secondary N) is 3. The third-order valence-electron chi connectivity index (χ3n) is 2.84. The lowest BCUT2D eigenvalue weighted by Gasteiger charge is -2.26. The second kappa shape index (κ2) is 10.4. The molecule has 1 amide bonds. The number of hydrogen-bond acceptors (Lipinski definition) is 4. The minimum atomic E-state index is -0.480. The number of carbonyl (C=O) groups excluding carboxylic acids is 1. The van der Waals surface area contributed by atoms with Crippen molar-refractivity contribution in [3.05, 3.63) is 0 Å². The average Bonchev–Trinajstić information content (AvgIpc) is 2.37. The fraction of sp³-hybridized carbons (Fsp3) is 0.882. The van der Waals surface area contributed by atoms with Gasteiger partial charge in [0.1, 0.15) is 5.60 Å². The van der Waals surface area contributed by atoms with Crippen LogP contribution in [0.25, 0.3) is 0 Å². The van der Waals surface area contributed by atoms with Gasteiger partial charge in [0.25, 0.3) is 0 Å². The highest BCUT2D eigenvalue weighted by atomic mass is 16.6. The van der Waals surface area contributed by atoms with E-state index in [-0.39, 0.29) is 5.41 Å². The molecule has 0 aliphatic heterocycles. The first-order chi connectivity index (χ1) is 10.9. The Kier molecular flexibility index (Phi) is 9.73. The van der Waals surface area contributed by atoms with Crippen LogP contribution in [0.3, 0.4) is 0 Å². The molecule has 7 nitrogen and oxygen atoms in total. The molecule has 0 unspecified atom stereocenters. The third-order valence-corrected chi connectivity index (χ3v) is 2.84. The molecule has 7 heteroatoms. The van der Waals surface area contributed by atoms with Gasteiger partial charge in [-0.15, -0.1) is 0 Å². The molecule has 0 aliphatic rings. The van der Waals surface area contributed by atoms with Gasteiger partial charge >= 0.3 is 6.09 Å². The molecular formula is C17H37N5O2. The van der Waals surface area contributed by atoms with E-state index in [0.717, 1.165) is 25.6 Å². The van der Waals surface area contributed by atoms with Crippen molar-refractivity contribution in [3.8, 4) is 0 Å². The Morgan fingerprint density at radius 2 is 1.62 bits per heavy atom. The van der Waals surface area contributed by atoms with Gasteiger partial charge in [-0.05, 0) is 47.2 Å². The Hall–Kier alpha value is -1.50. The van der Waals surface area contributed by atoms with Crippen LogP contribution in [0.1, 0.15) is 41.5 Å². The molecular weight excluding hydrogens is 306 g/mol. The summed E-state index contributed by atoms with van der Waals surface area (Å²) in [5.74, 6) is 0.760. The van der Waals surface area contributed by atoms with Gasteiger partial charge in [-0.2, -0.15) is 0 Å². The molecule has 0 atom stereocenters. The molecule has 0 spiro atoms. The zero-order valence-corrected chi connectivity index (χ0v) is 16.7. The molecule has 0 heterocycles. The van der Waals surface area contributed by atoms with Gasteiger partial charge < -0.3 is 25.6 Å². The molecule has 0 bridgehead atoms. The molecule has 24 heavy (non-hydrogen) atoms. The van der Waals surface area contributed by atoms with Crippen LogP contribution in [-0.4, -0.2) is 69.4 Å². The van der Waals surface area contributed by atoms with E-state index in [4.69, 9.17) is 4.74 Å². The molecule has 0 saturated carbocycles. The molecule has 0 aromatic carbocycles. The number of rotatable bonds is 8. The zero-order chi connectivity index (χ0) is 18.8. The van der Waals surface area contributed by atoms with Gasteiger partial charge in [0.2, 0.25) is 0 Å². The highest BCUT2D eigenvalue weighted by Crippen LogP contribution is 2.15. The van der Waals surface area contributed by atoms with Gasteiger partial charge in [-0.1, -0.05) is 13.8 Å². The summed E-state index contributed by atoms with van der Waals surface area (Å²) in [4.78, 5) is 18.4. The first-order valence-corrected chi connectivity index (χ1v) is 8.59. The van der Waals surface area contributed by atoms with E-state index < -0.39 is 11.7 Å². The highest BCUT2D eigenvalue weighted by Gasteiger charge is 2.18. The van der Waals surface area contributed by atoms with Gasteiger partial charge in [0.15, 0.2) is 5.96 Å². The van der Waals surface area contributed by atoms with E-state index in [1.807, 2.05) is 27.7 Å². The van der Waals surface area contributed by atoms with Crippen LogP contribution in [0.15, 0.2) is 4.99 Å². The monoisotopic (exact) mass is 343 g/mol. The number of nitrogens with zero attached hydrogens (tertiary/aromatic N) is 2. The summed E-state index contributed by atoms with van der Waals surface area (Å²) in [6.45, 7) is 15.5. The fourth-order valence-electron chi connectivity index (χ4n) is 2.20. The lowest BCUT2D eigenvalue weighted by Crippen LogP contribution is -2.43. The first-order valence-electron chi connectivity index (χ1n) is 8.59. The van der Waals surface area contributed by atoms with Crippen molar-refractivity contribution in [3.63, 3.8) is 0 Å². The summed E-state index contributed by atoms with van der Waals surface area (Å²) in [5, 5.41) is 9.16. The van der Waals surface area contributed by atoms with Crippen molar-refractivity contribution >= 4 is 12.1 Å². The zero-order valence-electron chi connectivity index (χ0n) is 16.7. The molecule has 142 valence electrons. The van der Waals surface area contributed by atoms with Gasteiger partial charge in [-0.3, -0.25) is 4.99 Å². The lowest BCUT2D eigenvalue weighted by atomic mass is 9.93. The van der Waals surface area contributed by atoms with Crippen molar-refractivity contribution in [2.75, 3.05) is 46.8 Å². The summed E-state index contributed by atoms with van der Waals surface area (Å²) in [7, 11) is 4.13. The van der Waals surface area contributed by atoms with Crippen LogP contribution in [0, 0.1) is 5.41 Å². The Morgan fingerprint density at radius 1 is 1.04 bits per heavy atom. The second-order valence-electron chi connectivity index (χ2n) is 7.95. The maximum atomic E-state index is 11.6. The topological polar surface area (TPSA) is 78.0 Å². The Morgan fingerprint density at radius 3 is 2.12 bits per heavy atom. The SMILES string of the molecule is CCNC(=NCC(C)(C)CN(C)C)NCCNC(=O)OC(C)(C)C. The molecule has 0 aromatic heterocycles. The number of hydrogen-bond donors (Lipinski definition) is 3. The Labute approximate surface area is 147 Å². The summed E-state index contributed by atoms with van der Waals surface area (Å²) in [6, 6.07) is 0. The molecule has 0 aliphatic carbocycles. The van der Waals surface area contributed by atoms with Gasteiger partial charge in [0.05, 0.1) is 0 Å². The van der Waals surface area contributed by atoms with E-state index in [1.54, 1.807) is 0 Å². The predicted octanol–water partition coefficient (Wildman–Crippen LogP) is 1.65. The van der Waals surface area contributed by atoms with E-state index in [2.05, 4.69) is 53.8 Å². The van der Waals surface area contributed by atoms with Gasteiger partial charge in [0, 0.05) is 32.7 Å².